The van der Waals surface area contributed by atoms with Crippen molar-refractivity contribution in [3.8, 4) is 39.1 Å². The van der Waals surface area contributed by atoms with Crippen LogP contribution in [0.3, 0.4) is 0 Å². The summed E-state index contributed by atoms with van der Waals surface area (Å²) < 4.78 is 7.24. The number of hydrogen-bond acceptors (Lipinski definition) is 4. The summed E-state index contributed by atoms with van der Waals surface area (Å²) in [6.07, 6.45) is 0. The van der Waals surface area contributed by atoms with Crippen LogP contribution in [0.1, 0.15) is 63.8 Å². The Morgan fingerprint density at radius 3 is 1.38 bits per heavy atom. The predicted octanol–water partition coefficient (Wildman–Crippen LogP) is 21.3. The largest absolute Gasteiger partial charge is 0.505 e. The van der Waals surface area contributed by atoms with Crippen molar-refractivity contribution < 1.29 is 9.52 Å². The third-order valence-corrected chi connectivity index (χ3v) is 16.1. The third kappa shape index (κ3) is 8.14. The SMILES string of the molecule is Cc1ccccc1-c1cccc(-c2cccc(N(c3cccc(C(C)(C)C)c3)c3ccc4ccc5c(N(c6cccc(C(C)(C)C)c6)c6cccc7c6oc6c(-c8ccccc8C)cccc67)ccc6ccc3c4c65)c2O)c1. The van der Waals surface area contributed by atoms with Crippen LogP contribution < -0.4 is 9.80 Å². The van der Waals surface area contributed by atoms with Crippen molar-refractivity contribution in [2.24, 2.45) is 0 Å². The van der Waals surface area contributed by atoms with Crippen molar-refractivity contribution in [1.29, 1.82) is 0 Å². The van der Waals surface area contributed by atoms with Crippen LogP contribution in [0.2, 0.25) is 0 Å². The van der Waals surface area contributed by atoms with Crippen LogP contribution >= 0.6 is 0 Å². The summed E-state index contributed by atoms with van der Waals surface area (Å²) in [5.74, 6) is 0.215. The summed E-state index contributed by atoms with van der Waals surface area (Å²) >= 11 is 0. The van der Waals surface area contributed by atoms with Gasteiger partial charge < -0.3 is 19.3 Å². The minimum Gasteiger partial charge on any atom is -0.505 e. The molecule has 4 heteroatoms. The van der Waals surface area contributed by atoms with E-state index in [2.05, 4.69) is 284 Å². The van der Waals surface area contributed by atoms with Gasteiger partial charge in [0.15, 0.2) is 5.58 Å². The molecular weight excluding hydrogens is 949 g/mol. The van der Waals surface area contributed by atoms with Gasteiger partial charge in [0.25, 0.3) is 0 Å². The number of anilines is 6. The van der Waals surface area contributed by atoms with Crippen LogP contribution in [0.5, 0.6) is 5.75 Å². The highest BCUT2D eigenvalue weighted by molar-refractivity contribution is 6.28. The van der Waals surface area contributed by atoms with E-state index in [1.54, 1.807) is 0 Å². The molecule has 0 aliphatic carbocycles. The fraction of sp³-hybridized carbons (Fsp3) is 0.135. The first-order chi connectivity index (χ1) is 37.7. The highest BCUT2D eigenvalue weighted by atomic mass is 16.3. The monoisotopic (exact) mass is 1010 g/mol. The molecule has 0 aliphatic rings. The van der Waals surface area contributed by atoms with Gasteiger partial charge in [-0.15, -0.1) is 0 Å². The number of para-hydroxylation sites is 3. The fourth-order valence-electron chi connectivity index (χ4n) is 12.0. The van der Waals surface area contributed by atoms with Gasteiger partial charge in [-0.1, -0.05) is 211 Å². The maximum atomic E-state index is 12.9. The summed E-state index contributed by atoms with van der Waals surface area (Å²) in [4.78, 5) is 4.69. The van der Waals surface area contributed by atoms with Gasteiger partial charge in [-0.25, -0.2) is 0 Å². The molecule has 13 aromatic rings. The summed E-state index contributed by atoms with van der Waals surface area (Å²) in [5.41, 5.74) is 18.3. The molecule has 380 valence electrons. The van der Waals surface area contributed by atoms with Crippen molar-refractivity contribution in [2.45, 2.75) is 66.2 Å². The van der Waals surface area contributed by atoms with Gasteiger partial charge in [-0.3, -0.25) is 0 Å². The number of aryl methyl sites for hydroxylation is 2. The van der Waals surface area contributed by atoms with Gasteiger partial charge >= 0.3 is 0 Å². The Morgan fingerprint density at radius 1 is 0.346 bits per heavy atom. The number of aromatic hydroxyl groups is 1. The number of phenols is 1. The number of fused-ring (bicyclic) bond motifs is 3. The van der Waals surface area contributed by atoms with E-state index >= 15 is 0 Å². The second kappa shape index (κ2) is 18.6. The normalized spacial score (nSPS) is 12.2. The van der Waals surface area contributed by atoms with E-state index in [4.69, 9.17) is 4.42 Å². The van der Waals surface area contributed by atoms with Crippen molar-refractivity contribution in [3.05, 3.63) is 247 Å². The summed E-state index contributed by atoms with van der Waals surface area (Å²) in [7, 11) is 0. The lowest BCUT2D eigenvalue weighted by molar-refractivity contribution is 0.478. The van der Waals surface area contributed by atoms with E-state index in [0.29, 0.717) is 5.69 Å². The first-order valence-corrected chi connectivity index (χ1v) is 27.2. The highest BCUT2D eigenvalue weighted by Crippen LogP contribution is 2.52. The Kier molecular flexibility index (Phi) is 11.5. The maximum Gasteiger partial charge on any atom is 0.159 e. The number of phenolic OH excluding ortho intramolecular Hbond substituents is 1. The molecule has 0 saturated carbocycles. The third-order valence-electron chi connectivity index (χ3n) is 16.1. The Hall–Kier alpha value is -9.12. The van der Waals surface area contributed by atoms with Crippen LogP contribution in [0.4, 0.5) is 34.1 Å². The molecule has 0 atom stereocenters. The molecule has 1 aromatic heterocycles. The van der Waals surface area contributed by atoms with Gasteiger partial charge in [0.2, 0.25) is 0 Å². The quantitative estimate of drug-likeness (QED) is 0.146. The van der Waals surface area contributed by atoms with E-state index in [-0.39, 0.29) is 16.6 Å². The van der Waals surface area contributed by atoms with Gasteiger partial charge in [-0.2, -0.15) is 0 Å². The predicted molar refractivity (Wildman–Crippen MR) is 332 cm³/mol. The number of hydrogen-bond donors (Lipinski definition) is 1. The number of rotatable bonds is 9. The topological polar surface area (TPSA) is 39.9 Å². The van der Waals surface area contributed by atoms with E-state index in [9.17, 15) is 5.11 Å². The smallest absolute Gasteiger partial charge is 0.159 e. The molecule has 78 heavy (non-hydrogen) atoms. The zero-order chi connectivity index (χ0) is 53.6. The lowest BCUT2D eigenvalue weighted by Gasteiger charge is -2.31. The first kappa shape index (κ1) is 48.5. The van der Waals surface area contributed by atoms with Gasteiger partial charge in [0, 0.05) is 44.0 Å². The van der Waals surface area contributed by atoms with Crippen LogP contribution in [0, 0.1) is 13.8 Å². The Labute approximate surface area is 457 Å². The van der Waals surface area contributed by atoms with Crippen molar-refractivity contribution >= 4 is 88.4 Å². The van der Waals surface area contributed by atoms with Crippen LogP contribution in [-0.2, 0) is 10.8 Å². The number of furan rings is 1. The van der Waals surface area contributed by atoms with E-state index in [1.807, 2.05) is 6.07 Å². The van der Waals surface area contributed by atoms with Crippen molar-refractivity contribution in [2.75, 3.05) is 9.80 Å². The highest BCUT2D eigenvalue weighted by Gasteiger charge is 2.28. The van der Waals surface area contributed by atoms with Crippen LogP contribution in [-0.4, -0.2) is 5.11 Å². The fourth-order valence-corrected chi connectivity index (χ4v) is 12.0. The Bertz CT molecular complexity index is 4470. The molecule has 0 fully saturated rings. The van der Waals surface area contributed by atoms with Crippen LogP contribution in [0.15, 0.2) is 229 Å². The molecule has 0 amide bonds. The molecular formula is C74H62N2O2. The molecule has 0 radical (unpaired) electrons. The van der Waals surface area contributed by atoms with E-state index < -0.39 is 0 Å². The number of benzene rings is 12. The maximum absolute atomic E-state index is 12.9. The first-order valence-electron chi connectivity index (χ1n) is 27.2. The second-order valence-corrected chi connectivity index (χ2v) is 23.2. The van der Waals surface area contributed by atoms with Gasteiger partial charge in [0.1, 0.15) is 11.3 Å². The second-order valence-electron chi connectivity index (χ2n) is 23.2. The summed E-state index contributed by atoms with van der Waals surface area (Å²) in [6.45, 7) is 17.9. The lowest BCUT2D eigenvalue weighted by atomic mass is 9.86. The summed E-state index contributed by atoms with van der Waals surface area (Å²) in [5, 5.41) is 21.8. The Balaban J connectivity index is 1.04. The van der Waals surface area contributed by atoms with Gasteiger partial charge in [-0.05, 0) is 145 Å². The van der Waals surface area contributed by atoms with Gasteiger partial charge in [0.05, 0.1) is 22.7 Å². The molecule has 0 saturated heterocycles. The lowest BCUT2D eigenvalue weighted by Crippen LogP contribution is -2.15. The van der Waals surface area contributed by atoms with E-state index in [0.717, 1.165) is 105 Å². The molecule has 0 aliphatic heterocycles. The zero-order valence-electron chi connectivity index (χ0n) is 45.6. The molecule has 1 heterocycles. The zero-order valence-corrected chi connectivity index (χ0v) is 45.6. The molecule has 0 spiro atoms. The van der Waals surface area contributed by atoms with Crippen molar-refractivity contribution in [1.82, 2.24) is 0 Å². The van der Waals surface area contributed by atoms with Crippen LogP contribution in [0.25, 0.3) is 87.6 Å². The molecule has 1 N–H and O–H groups in total. The number of nitrogens with zero attached hydrogens (tertiary/aromatic N) is 2. The summed E-state index contributed by atoms with van der Waals surface area (Å²) in [6, 6.07) is 80.8. The average molecular weight is 1010 g/mol. The van der Waals surface area contributed by atoms with Crippen molar-refractivity contribution in [3.63, 3.8) is 0 Å². The molecule has 0 bridgehead atoms. The minimum atomic E-state index is -0.116. The minimum absolute atomic E-state index is 0.0912. The van der Waals surface area contributed by atoms with E-state index in [1.165, 1.54) is 33.2 Å². The molecule has 4 nitrogen and oxygen atoms in total. The Morgan fingerprint density at radius 2 is 0.795 bits per heavy atom. The average Bonchev–Trinajstić information content (AvgIpc) is 3.97. The molecule has 13 rings (SSSR count). The molecule has 0 unspecified atom stereocenters. The standard InChI is InChI=1S/C74H62N2O2/c1-46-19-9-11-27-56(46)50-21-13-22-51(43-50)58-29-17-33-66(70(58)77)75(54-25-14-23-52(44-54)73(3,4)5)64-41-37-48-36-40-63-65(42-38-49-35-39-62(64)68(48)69(49)63)76(55-26-15-24-53(45-55)74(6,7)8)67-34-18-32-61-60-31-16-30-59(71(60)78-72(61)67)57-28-12-10-20-47(57)2/h9-45,77H,1-8H3. The molecule has 12 aromatic carbocycles.